The smallest absolute Gasteiger partial charge is 0.0172 e. The molecule has 1 heterocycles. The molecule has 0 bridgehead atoms. The highest BCUT2D eigenvalue weighted by Crippen LogP contribution is 2.24. The predicted octanol–water partition coefficient (Wildman–Crippen LogP) is 3.30. The second kappa shape index (κ2) is 7.58. The van der Waals surface area contributed by atoms with Crippen LogP contribution in [-0.2, 0) is 0 Å². The molecule has 0 saturated carbocycles. The van der Waals surface area contributed by atoms with Crippen LogP contribution in [0.1, 0.15) is 46.0 Å². The van der Waals surface area contributed by atoms with E-state index in [1.807, 2.05) is 0 Å². The minimum Gasteiger partial charge on any atom is -0.316 e. The van der Waals surface area contributed by atoms with E-state index >= 15 is 0 Å². The molecule has 1 aliphatic heterocycles. The average molecular weight is 215 g/mol. The predicted molar refractivity (Wildman–Crippen MR) is 67.0 cm³/mol. The van der Waals surface area contributed by atoms with Gasteiger partial charge in [-0.25, -0.2) is 0 Å². The lowest BCUT2D eigenvalue weighted by molar-refractivity contribution is 0.519. The number of nitrogens with one attached hydrogen (secondary N) is 1. The van der Waals surface area contributed by atoms with E-state index in [1.54, 1.807) is 0 Å². The second-order valence-electron chi connectivity index (χ2n) is 4.73. The molecule has 1 aliphatic rings. The van der Waals surface area contributed by atoms with E-state index in [9.17, 15) is 0 Å². The zero-order valence-corrected chi connectivity index (χ0v) is 10.5. The van der Waals surface area contributed by atoms with E-state index in [1.165, 1.54) is 50.9 Å². The Kier molecular flexibility index (Phi) is 6.70. The minimum atomic E-state index is 0.862. The number of hydrogen-bond donors (Lipinski definition) is 1. The Labute approximate surface area is 93.4 Å². The van der Waals surface area contributed by atoms with Crippen molar-refractivity contribution in [2.45, 2.75) is 51.2 Å². The molecule has 0 aromatic carbocycles. The van der Waals surface area contributed by atoms with Crippen LogP contribution in [0.3, 0.4) is 0 Å². The topological polar surface area (TPSA) is 12.0 Å². The largest absolute Gasteiger partial charge is 0.316 e. The SMILES string of the molecule is CC(C)CCCNCC1CCCCS1. The maximum atomic E-state index is 3.59. The standard InChI is InChI=1S/C12H25NS/c1-11(2)6-5-8-13-10-12-7-3-4-9-14-12/h11-13H,3-10H2,1-2H3. The van der Waals surface area contributed by atoms with E-state index in [-0.39, 0.29) is 0 Å². The van der Waals surface area contributed by atoms with Gasteiger partial charge in [0.25, 0.3) is 0 Å². The molecule has 0 aliphatic carbocycles. The van der Waals surface area contributed by atoms with Gasteiger partial charge in [-0.1, -0.05) is 20.3 Å². The number of hydrogen-bond acceptors (Lipinski definition) is 2. The first-order valence-corrected chi connectivity index (χ1v) is 7.16. The maximum Gasteiger partial charge on any atom is 0.0172 e. The highest BCUT2D eigenvalue weighted by Gasteiger charge is 2.12. The molecular formula is C12H25NS. The second-order valence-corrected chi connectivity index (χ2v) is 6.14. The van der Waals surface area contributed by atoms with Gasteiger partial charge in [-0.3, -0.25) is 0 Å². The first-order valence-electron chi connectivity index (χ1n) is 6.11. The van der Waals surface area contributed by atoms with Crippen molar-refractivity contribution in [2.75, 3.05) is 18.8 Å². The monoisotopic (exact) mass is 215 g/mol. The third-order valence-electron chi connectivity index (χ3n) is 2.78. The van der Waals surface area contributed by atoms with Crippen molar-refractivity contribution in [3.05, 3.63) is 0 Å². The lowest BCUT2D eigenvalue weighted by atomic mass is 10.1. The molecule has 1 fully saturated rings. The fourth-order valence-electron chi connectivity index (χ4n) is 1.87. The Morgan fingerprint density at radius 1 is 1.36 bits per heavy atom. The molecule has 1 N–H and O–H groups in total. The van der Waals surface area contributed by atoms with E-state index in [0.717, 1.165) is 11.2 Å². The van der Waals surface area contributed by atoms with Crippen LogP contribution in [0, 0.1) is 5.92 Å². The third-order valence-corrected chi connectivity index (χ3v) is 4.18. The molecule has 0 radical (unpaired) electrons. The van der Waals surface area contributed by atoms with Gasteiger partial charge in [-0.15, -0.1) is 0 Å². The Morgan fingerprint density at radius 3 is 2.86 bits per heavy atom. The molecule has 1 atom stereocenters. The molecule has 84 valence electrons. The van der Waals surface area contributed by atoms with Crippen LogP contribution in [0.25, 0.3) is 0 Å². The quantitative estimate of drug-likeness (QED) is 0.682. The van der Waals surface area contributed by atoms with Crippen LogP contribution in [0.15, 0.2) is 0 Å². The van der Waals surface area contributed by atoms with Crippen molar-refractivity contribution >= 4 is 11.8 Å². The third kappa shape index (κ3) is 5.92. The summed E-state index contributed by atoms with van der Waals surface area (Å²) >= 11 is 2.17. The zero-order valence-electron chi connectivity index (χ0n) is 9.72. The molecule has 1 rings (SSSR count). The zero-order chi connectivity index (χ0) is 10.2. The van der Waals surface area contributed by atoms with Gasteiger partial charge < -0.3 is 5.32 Å². The summed E-state index contributed by atoms with van der Waals surface area (Å²) in [6.45, 7) is 7.06. The molecule has 0 amide bonds. The van der Waals surface area contributed by atoms with Gasteiger partial charge in [-0.2, -0.15) is 11.8 Å². The molecule has 0 aromatic heterocycles. The van der Waals surface area contributed by atoms with Crippen molar-refractivity contribution in [3.63, 3.8) is 0 Å². The summed E-state index contributed by atoms with van der Waals surface area (Å²) in [7, 11) is 0. The van der Waals surface area contributed by atoms with E-state index < -0.39 is 0 Å². The van der Waals surface area contributed by atoms with E-state index in [4.69, 9.17) is 0 Å². The van der Waals surface area contributed by atoms with Gasteiger partial charge in [0.2, 0.25) is 0 Å². The summed E-state index contributed by atoms with van der Waals surface area (Å²) in [5.41, 5.74) is 0. The van der Waals surface area contributed by atoms with Crippen LogP contribution in [0.2, 0.25) is 0 Å². The van der Waals surface area contributed by atoms with Gasteiger partial charge in [0.15, 0.2) is 0 Å². The molecule has 1 nitrogen and oxygen atoms in total. The van der Waals surface area contributed by atoms with Crippen LogP contribution >= 0.6 is 11.8 Å². The van der Waals surface area contributed by atoms with Crippen LogP contribution in [0.5, 0.6) is 0 Å². The van der Waals surface area contributed by atoms with Crippen LogP contribution in [-0.4, -0.2) is 24.1 Å². The number of rotatable bonds is 6. The number of thioether (sulfide) groups is 1. The Hall–Kier alpha value is 0.310. The molecule has 0 spiro atoms. The molecular weight excluding hydrogens is 190 g/mol. The maximum absolute atomic E-state index is 3.59. The highest BCUT2D eigenvalue weighted by atomic mass is 32.2. The van der Waals surface area contributed by atoms with Gasteiger partial charge in [0.05, 0.1) is 0 Å². The fraction of sp³-hybridized carbons (Fsp3) is 1.00. The van der Waals surface area contributed by atoms with E-state index in [0.29, 0.717) is 0 Å². The van der Waals surface area contributed by atoms with Gasteiger partial charge >= 0.3 is 0 Å². The average Bonchev–Trinajstić information content (AvgIpc) is 2.18. The molecule has 1 saturated heterocycles. The van der Waals surface area contributed by atoms with Crippen LogP contribution < -0.4 is 5.32 Å². The molecule has 14 heavy (non-hydrogen) atoms. The van der Waals surface area contributed by atoms with Gasteiger partial charge in [0.1, 0.15) is 0 Å². The first-order chi connectivity index (χ1) is 6.79. The highest BCUT2D eigenvalue weighted by molar-refractivity contribution is 7.99. The summed E-state index contributed by atoms with van der Waals surface area (Å²) in [6, 6.07) is 0. The molecule has 1 unspecified atom stereocenters. The molecule has 0 aromatic rings. The summed E-state index contributed by atoms with van der Waals surface area (Å²) in [6.07, 6.45) is 7.03. The summed E-state index contributed by atoms with van der Waals surface area (Å²) in [5.74, 6) is 2.25. The minimum absolute atomic E-state index is 0.862. The Bertz CT molecular complexity index is 130. The Balaban J connectivity index is 1.87. The van der Waals surface area contributed by atoms with Crippen molar-refractivity contribution in [2.24, 2.45) is 5.92 Å². The molecule has 2 heteroatoms. The first kappa shape index (κ1) is 12.4. The van der Waals surface area contributed by atoms with Gasteiger partial charge in [0, 0.05) is 11.8 Å². The fourth-order valence-corrected chi connectivity index (χ4v) is 3.14. The van der Waals surface area contributed by atoms with Crippen molar-refractivity contribution in [3.8, 4) is 0 Å². The van der Waals surface area contributed by atoms with Crippen LogP contribution in [0.4, 0.5) is 0 Å². The van der Waals surface area contributed by atoms with Crippen molar-refractivity contribution < 1.29 is 0 Å². The summed E-state index contributed by atoms with van der Waals surface area (Å²) in [4.78, 5) is 0. The van der Waals surface area contributed by atoms with E-state index in [2.05, 4.69) is 30.9 Å². The lowest BCUT2D eigenvalue weighted by Crippen LogP contribution is -2.27. The Morgan fingerprint density at radius 2 is 2.21 bits per heavy atom. The van der Waals surface area contributed by atoms with Crippen molar-refractivity contribution in [1.29, 1.82) is 0 Å². The summed E-state index contributed by atoms with van der Waals surface area (Å²) in [5, 5.41) is 4.50. The lowest BCUT2D eigenvalue weighted by Gasteiger charge is -2.21. The normalized spacial score (nSPS) is 22.9. The van der Waals surface area contributed by atoms with Gasteiger partial charge in [-0.05, 0) is 43.9 Å². The summed E-state index contributed by atoms with van der Waals surface area (Å²) < 4.78 is 0. The van der Waals surface area contributed by atoms with Crippen molar-refractivity contribution in [1.82, 2.24) is 5.32 Å².